The van der Waals surface area contributed by atoms with Crippen LogP contribution < -0.4 is 5.32 Å². The lowest BCUT2D eigenvalue weighted by molar-refractivity contribution is 0.476. The van der Waals surface area contributed by atoms with Gasteiger partial charge in [0.05, 0.1) is 11.6 Å². The van der Waals surface area contributed by atoms with Gasteiger partial charge in [-0.05, 0) is 18.6 Å². The minimum absolute atomic E-state index is 0. The van der Waals surface area contributed by atoms with Crippen molar-refractivity contribution in [3.8, 4) is 0 Å². The van der Waals surface area contributed by atoms with Crippen molar-refractivity contribution in [1.82, 2.24) is 15.2 Å². The predicted molar refractivity (Wildman–Crippen MR) is 108 cm³/mol. The van der Waals surface area contributed by atoms with Gasteiger partial charge in [0.2, 0.25) is 0 Å². The summed E-state index contributed by atoms with van der Waals surface area (Å²) in [7, 11) is 3.84. The Hall–Kier alpha value is -0.670. The van der Waals surface area contributed by atoms with Crippen LogP contribution in [0.1, 0.15) is 15.4 Å². The normalized spacial score (nSPS) is 11.0. The first-order valence-corrected chi connectivity index (χ1v) is 8.27. The molecule has 1 aromatic heterocycles. The lowest BCUT2D eigenvalue weighted by Crippen LogP contribution is -2.37. The first kappa shape index (κ1) is 19.4. The third kappa shape index (κ3) is 5.51. The number of guanidine groups is 1. The summed E-state index contributed by atoms with van der Waals surface area (Å²) in [6, 6.07) is 8.23. The van der Waals surface area contributed by atoms with Crippen LogP contribution in [0.3, 0.4) is 0 Å². The van der Waals surface area contributed by atoms with Gasteiger partial charge >= 0.3 is 0 Å². The molecule has 1 aromatic carbocycles. The number of aromatic nitrogens is 1. The summed E-state index contributed by atoms with van der Waals surface area (Å²) in [6.07, 6.45) is 1.91. The molecule has 2 rings (SSSR count). The Bertz CT molecular complexity index is 630. The first-order valence-electron chi connectivity index (χ1n) is 6.66. The van der Waals surface area contributed by atoms with Crippen molar-refractivity contribution in [2.75, 3.05) is 14.1 Å². The highest BCUT2D eigenvalue weighted by atomic mass is 127. The van der Waals surface area contributed by atoms with Crippen LogP contribution in [0.2, 0.25) is 0 Å². The molecule has 0 aliphatic carbocycles. The van der Waals surface area contributed by atoms with Crippen molar-refractivity contribution in [2.24, 2.45) is 4.99 Å². The van der Waals surface area contributed by atoms with Crippen molar-refractivity contribution in [1.29, 1.82) is 0 Å². The fourth-order valence-electron chi connectivity index (χ4n) is 1.99. The lowest BCUT2D eigenvalue weighted by Gasteiger charge is -2.22. The van der Waals surface area contributed by atoms with Gasteiger partial charge in [-0.15, -0.1) is 35.3 Å². The highest BCUT2D eigenvalue weighted by Crippen LogP contribution is 2.17. The molecule has 0 amide bonds. The molecule has 0 atom stereocenters. The van der Waals surface area contributed by atoms with Crippen LogP contribution in [0.5, 0.6) is 0 Å². The van der Waals surface area contributed by atoms with E-state index in [0.717, 1.165) is 28.5 Å². The second-order valence-electron chi connectivity index (χ2n) is 4.69. The van der Waals surface area contributed by atoms with Crippen LogP contribution in [-0.4, -0.2) is 29.9 Å². The maximum Gasteiger partial charge on any atom is 0.193 e. The zero-order valence-electron chi connectivity index (χ0n) is 12.8. The van der Waals surface area contributed by atoms with Gasteiger partial charge in [-0.2, -0.15) is 0 Å². The number of hydrogen-bond acceptors (Lipinski definition) is 3. The van der Waals surface area contributed by atoms with E-state index in [2.05, 4.69) is 48.3 Å². The van der Waals surface area contributed by atoms with Crippen LogP contribution >= 0.6 is 51.2 Å². The summed E-state index contributed by atoms with van der Waals surface area (Å²) in [5.74, 6) is 0.872. The highest BCUT2D eigenvalue weighted by Gasteiger charge is 2.09. The summed E-state index contributed by atoms with van der Waals surface area (Å²) in [5, 5.41) is 4.46. The minimum Gasteiger partial charge on any atom is -0.351 e. The van der Waals surface area contributed by atoms with Crippen LogP contribution in [-0.2, 0) is 13.1 Å². The topological polar surface area (TPSA) is 40.5 Å². The van der Waals surface area contributed by atoms with E-state index in [4.69, 9.17) is 0 Å². The standard InChI is InChI=1S/C15H19BrN4S.HI/c1-11-18-8-13(21-11)9-19-15(17-2)20(3)10-12-6-4-5-7-14(12)16;/h4-8H,9-10H2,1-3H3,(H,17,19);1H. The van der Waals surface area contributed by atoms with Crippen LogP contribution in [0.4, 0.5) is 0 Å². The van der Waals surface area contributed by atoms with Crippen LogP contribution in [0.15, 0.2) is 39.9 Å². The van der Waals surface area contributed by atoms with Gasteiger partial charge in [0.25, 0.3) is 0 Å². The van der Waals surface area contributed by atoms with E-state index in [0.29, 0.717) is 0 Å². The maximum atomic E-state index is 4.34. The minimum atomic E-state index is 0. The third-order valence-corrected chi connectivity index (χ3v) is 4.71. The largest absolute Gasteiger partial charge is 0.351 e. The summed E-state index contributed by atoms with van der Waals surface area (Å²) in [5.41, 5.74) is 1.23. The molecule has 0 bridgehead atoms. The van der Waals surface area contributed by atoms with Gasteiger partial charge < -0.3 is 10.2 Å². The van der Waals surface area contributed by atoms with Crippen molar-refractivity contribution >= 4 is 57.2 Å². The van der Waals surface area contributed by atoms with E-state index in [9.17, 15) is 0 Å². The second kappa shape index (κ2) is 9.46. The molecule has 0 aliphatic rings. The van der Waals surface area contributed by atoms with Crippen molar-refractivity contribution in [3.05, 3.63) is 50.4 Å². The molecular weight excluding hydrogens is 475 g/mol. The number of hydrogen-bond donors (Lipinski definition) is 1. The van der Waals surface area contributed by atoms with E-state index in [1.165, 1.54) is 10.4 Å². The predicted octanol–water partition coefficient (Wildman–Crippen LogP) is 4.04. The van der Waals surface area contributed by atoms with Crippen molar-refractivity contribution < 1.29 is 0 Å². The molecule has 0 saturated heterocycles. The Kier molecular flexibility index (Phi) is 8.34. The van der Waals surface area contributed by atoms with Gasteiger partial charge in [0, 0.05) is 36.2 Å². The summed E-state index contributed by atoms with van der Waals surface area (Å²) >= 11 is 5.28. The second-order valence-corrected chi connectivity index (χ2v) is 6.87. The number of rotatable bonds is 4. The monoisotopic (exact) mass is 494 g/mol. The molecule has 22 heavy (non-hydrogen) atoms. The van der Waals surface area contributed by atoms with E-state index < -0.39 is 0 Å². The van der Waals surface area contributed by atoms with Gasteiger partial charge in [-0.25, -0.2) is 4.98 Å². The van der Waals surface area contributed by atoms with Crippen molar-refractivity contribution in [2.45, 2.75) is 20.0 Å². The van der Waals surface area contributed by atoms with Gasteiger partial charge in [0.1, 0.15) is 0 Å². The first-order chi connectivity index (χ1) is 10.1. The molecule has 0 spiro atoms. The van der Waals surface area contributed by atoms with Gasteiger partial charge in [0.15, 0.2) is 5.96 Å². The number of aryl methyl sites for hydroxylation is 1. The van der Waals surface area contributed by atoms with E-state index in [1.807, 2.05) is 32.3 Å². The Morgan fingerprint density at radius 1 is 1.41 bits per heavy atom. The van der Waals surface area contributed by atoms with Crippen molar-refractivity contribution in [3.63, 3.8) is 0 Å². The number of thiazole rings is 1. The average molecular weight is 495 g/mol. The smallest absolute Gasteiger partial charge is 0.193 e. The Morgan fingerprint density at radius 2 is 2.14 bits per heavy atom. The maximum absolute atomic E-state index is 4.34. The number of aliphatic imine (C=N–C) groups is 1. The number of benzene rings is 1. The molecule has 120 valence electrons. The molecule has 0 aliphatic heterocycles. The summed E-state index contributed by atoms with van der Waals surface area (Å²) in [6.45, 7) is 3.56. The number of nitrogens with one attached hydrogen (secondary N) is 1. The van der Waals surface area contributed by atoms with Crippen LogP contribution in [0.25, 0.3) is 0 Å². The van der Waals surface area contributed by atoms with E-state index in [-0.39, 0.29) is 24.0 Å². The summed E-state index contributed by atoms with van der Waals surface area (Å²) in [4.78, 5) is 11.9. The fraction of sp³-hybridized carbons (Fsp3) is 0.333. The van der Waals surface area contributed by atoms with E-state index >= 15 is 0 Å². The third-order valence-electron chi connectivity index (χ3n) is 3.03. The molecule has 1 heterocycles. The fourth-order valence-corrected chi connectivity index (χ4v) is 3.14. The quantitative estimate of drug-likeness (QED) is 0.396. The van der Waals surface area contributed by atoms with Crippen LogP contribution in [0, 0.1) is 6.92 Å². The highest BCUT2D eigenvalue weighted by molar-refractivity contribution is 14.0. The molecule has 0 fully saturated rings. The Labute approximate surface area is 161 Å². The number of halogens is 2. The van der Waals surface area contributed by atoms with Gasteiger partial charge in [-0.3, -0.25) is 4.99 Å². The van der Waals surface area contributed by atoms with E-state index in [1.54, 1.807) is 18.4 Å². The zero-order chi connectivity index (χ0) is 15.2. The molecule has 4 nitrogen and oxygen atoms in total. The molecule has 0 saturated carbocycles. The molecule has 2 aromatic rings. The lowest BCUT2D eigenvalue weighted by atomic mass is 10.2. The molecule has 7 heteroatoms. The molecular formula is C15H20BrIN4S. The average Bonchev–Trinajstić information content (AvgIpc) is 2.88. The zero-order valence-corrected chi connectivity index (χ0v) is 17.6. The summed E-state index contributed by atoms with van der Waals surface area (Å²) < 4.78 is 1.12. The SMILES string of the molecule is CN=C(NCc1cnc(C)s1)N(C)Cc1ccccc1Br.I. The van der Waals surface area contributed by atoms with Gasteiger partial charge in [-0.1, -0.05) is 34.1 Å². The number of nitrogens with zero attached hydrogens (tertiary/aromatic N) is 3. The Morgan fingerprint density at radius 3 is 2.73 bits per heavy atom. The molecule has 0 unspecified atom stereocenters. The molecule has 1 N–H and O–H groups in total. The molecule has 0 radical (unpaired) electrons. The Balaban J connectivity index is 0.00000242.